The van der Waals surface area contributed by atoms with E-state index in [0.717, 1.165) is 12.1 Å². The number of likely N-dealkylation sites (tertiary alicyclic amines) is 1. The molecule has 1 saturated heterocycles. The maximum Gasteiger partial charge on any atom is 0.266 e. The van der Waals surface area contributed by atoms with E-state index < -0.39 is 6.10 Å². The van der Waals surface area contributed by atoms with E-state index in [1.54, 1.807) is 12.1 Å². The largest absolute Gasteiger partial charge is 0.478 e. The van der Waals surface area contributed by atoms with Gasteiger partial charge in [0.2, 0.25) is 5.91 Å². The van der Waals surface area contributed by atoms with E-state index in [1.807, 2.05) is 12.1 Å². The molecular formula is C23H27N3O3. The highest BCUT2D eigenvalue weighted by atomic mass is 16.5. The van der Waals surface area contributed by atoms with Gasteiger partial charge in [0.05, 0.1) is 12.1 Å². The number of fused-ring (bicyclic) bond motifs is 1. The van der Waals surface area contributed by atoms with Crippen LogP contribution in [0.2, 0.25) is 0 Å². The molecule has 1 atom stereocenters. The third-order valence-electron chi connectivity index (χ3n) is 5.44. The first-order valence-corrected chi connectivity index (χ1v) is 10.3. The fraction of sp³-hybridized carbons (Fsp3) is 0.391. The smallest absolute Gasteiger partial charge is 0.266 e. The number of nitrogens with zero attached hydrogens (tertiary/aromatic N) is 1. The quantitative estimate of drug-likeness (QED) is 0.791. The second kappa shape index (κ2) is 9.09. The molecule has 1 fully saturated rings. The number of ether oxygens (including phenoxy) is 1. The van der Waals surface area contributed by atoms with Crippen molar-refractivity contribution in [3.8, 4) is 5.75 Å². The van der Waals surface area contributed by atoms with Gasteiger partial charge in [0.25, 0.3) is 5.91 Å². The molecule has 6 nitrogen and oxygen atoms in total. The second-order valence-corrected chi connectivity index (χ2v) is 7.73. The first-order chi connectivity index (χ1) is 14.2. The Labute approximate surface area is 171 Å². The predicted molar refractivity (Wildman–Crippen MR) is 112 cm³/mol. The highest BCUT2D eigenvalue weighted by Crippen LogP contribution is 2.29. The molecule has 0 radical (unpaired) electrons. The molecule has 0 saturated carbocycles. The summed E-state index contributed by atoms with van der Waals surface area (Å²) in [5, 5.41) is 5.66. The monoisotopic (exact) mass is 393 g/mol. The highest BCUT2D eigenvalue weighted by Gasteiger charge is 2.29. The van der Waals surface area contributed by atoms with Gasteiger partial charge < -0.3 is 15.4 Å². The molecule has 0 spiro atoms. The molecule has 152 valence electrons. The normalized spacial score (nSPS) is 19.0. The molecule has 6 heteroatoms. The Morgan fingerprint density at radius 3 is 2.55 bits per heavy atom. The van der Waals surface area contributed by atoms with Gasteiger partial charge in [0, 0.05) is 13.1 Å². The number of hydrogen-bond donors (Lipinski definition) is 2. The number of anilines is 1. The van der Waals surface area contributed by atoms with Crippen LogP contribution in [0.3, 0.4) is 0 Å². The summed E-state index contributed by atoms with van der Waals surface area (Å²) in [6.45, 7) is 3.79. The number of carbonyl (C=O) groups is 2. The van der Waals surface area contributed by atoms with Gasteiger partial charge in [-0.1, -0.05) is 42.8 Å². The minimum absolute atomic E-state index is 0.00673. The number of carbonyl (C=O) groups excluding carboxylic acids is 2. The van der Waals surface area contributed by atoms with E-state index in [2.05, 4.69) is 39.8 Å². The number of hydrogen-bond acceptors (Lipinski definition) is 4. The Balaban J connectivity index is 1.25. The summed E-state index contributed by atoms with van der Waals surface area (Å²) >= 11 is 0. The van der Waals surface area contributed by atoms with Crippen molar-refractivity contribution in [1.29, 1.82) is 0 Å². The van der Waals surface area contributed by atoms with Crippen molar-refractivity contribution in [2.24, 2.45) is 0 Å². The number of para-hydroxylation sites is 2. The summed E-state index contributed by atoms with van der Waals surface area (Å²) in [5.41, 5.74) is 2.98. The summed E-state index contributed by atoms with van der Waals surface area (Å²) in [6, 6.07) is 15.6. The highest BCUT2D eigenvalue weighted by molar-refractivity contribution is 5.99. The molecular weight excluding hydrogens is 366 g/mol. The van der Waals surface area contributed by atoms with E-state index in [9.17, 15) is 9.59 Å². The molecule has 2 aromatic rings. The van der Waals surface area contributed by atoms with Gasteiger partial charge in [-0.05, 0) is 49.2 Å². The number of nitrogens with one attached hydrogen (secondary N) is 2. The van der Waals surface area contributed by atoms with Gasteiger partial charge >= 0.3 is 0 Å². The van der Waals surface area contributed by atoms with Crippen molar-refractivity contribution in [3.63, 3.8) is 0 Å². The number of benzene rings is 2. The van der Waals surface area contributed by atoms with Gasteiger partial charge in [-0.2, -0.15) is 0 Å². The van der Waals surface area contributed by atoms with Crippen LogP contribution in [0, 0.1) is 0 Å². The number of piperidine rings is 1. The lowest BCUT2D eigenvalue weighted by Crippen LogP contribution is -2.40. The lowest BCUT2D eigenvalue weighted by atomic mass is 10.1. The van der Waals surface area contributed by atoms with E-state index in [1.165, 1.54) is 37.9 Å². The molecule has 0 bridgehead atoms. The van der Waals surface area contributed by atoms with Gasteiger partial charge in [0.1, 0.15) is 5.75 Å². The second-order valence-electron chi connectivity index (χ2n) is 7.73. The van der Waals surface area contributed by atoms with E-state index in [4.69, 9.17) is 4.74 Å². The van der Waals surface area contributed by atoms with Crippen molar-refractivity contribution < 1.29 is 14.3 Å². The van der Waals surface area contributed by atoms with Gasteiger partial charge in [0.15, 0.2) is 6.10 Å². The molecule has 2 aromatic carbocycles. The summed E-state index contributed by atoms with van der Waals surface area (Å²) < 4.78 is 5.68. The number of amides is 2. The maximum absolute atomic E-state index is 12.3. The van der Waals surface area contributed by atoms with Crippen LogP contribution in [0.25, 0.3) is 0 Å². The molecule has 0 unspecified atom stereocenters. The minimum Gasteiger partial charge on any atom is -0.478 e. The van der Waals surface area contributed by atoms with Gasteiger partial charge in [-0.3, -0.25) is 14.5 Å². The summed E-state index contributed by atoms with van der Waals surface area (Å²) in [6.07, 6.45) is 3.11. The van der Waals surface area contributed by atoms with Crippen LogP contribution < -0.4 is 15.4 Å². The lowest BCUT2D eigenvalue weighted by molar-refractivity contribution is -0.130. The van der Waals surface area contributed by atoms with Crippen molar-refractivity contribution in [2.75, 3.05) is 18.4 Å². The third-order valence-corrected chi connectivity index (χ3v) is 5.44. The van der Waals surface area contributed by atoms with Crippen LogP contribution in [-0.4, -0.2) is 35.9 Å². The van der Waals surface area contributed by atoms with Crippen LogP contribution >= 0.6 is 0 Å². The standard InChI is InChI=1S/C23H27N3O3/c27-22(14-21-23(28)25-19-6-2-3-7-20(19)29-21)24-15-17-8-10-18(11-9-17)16-26-12-4-1-5-13-26/h2-3,6-11,21H,1,4-5,12-16H2,(H,24,27)(H,25,28)/t21-/m0/s1. The van der Waals surface area contributed by atoms with Crippen LogP contribution in [0.1, 0.15) is 36.8 Å². The Hall–Kier alpha value is -2.86. The first-order valence-electron chi connectivity index (χ1n) is 10.3. The van der Waals surface area contributed by atoms with Crippen molar-refractivity contribution in [3.05, 3.63) is 59.7 Å². The topological polar surface area (TPSA) is 70.7 Å². The molecule has 2 N–H and O–H groups in total. The first kappa shape index (κ1) is 19.5. The van der Waals surface area contributed by atoms with Crippen LogP contribution in [0.5, 0.6) is 5.75 Å². The summed E-state index contributed by atoms with van der Waals surface area (Å²) in [4.78, 5) is 26.9. The van der Waals surface area contributed by atoms with Gasteiger partial charge in [-0.15, -0.1) is 0 Å². The zero-order chi connectivity index (χ0) is 20.1. The van der Waals surface area contributed by atoms with Gasteiger partial charge in [-0.25, -0.2) is 0 Å². The molecule has 0 aliphatic carbocycles. The Morgan fingerprint density at radius 2 is 1.76 bits per heavy atom. The average molecular weight is 393 g/mol. The van der Waals surface area contributed by atoms with Crippen LogP contribution in [0.15, 0.2) is 48.5 Å². The van der Waals surface area contributed by atoms with E-state index in [-0.39, 0.29) is 18.2 Å². The lowest BCUT2D eigenvalue weighted by Gasteiger charge is -2.26. The third kappa shape index (κ3) is 5.15. The van der Waals surface area contributed by atoms with E-state index >= 15 is 0 Å². The Kier molecular flexibility index (Phi) is 6.10. The van der Waals surface area contributed by atoms with Crippen molar-refractivity contribution >= 4 is 17.5 Å². The summed E-state index contributed by atoms with van der Waals surface area (Å²) in [5.74, 6) is 0.0945. The molecule has 2 amide bonds. The van der Waals surface area contributed by atoms with E-state index in [0.29, 0.717) is 18.0 Å². The molecule has 0 aromatic heterocycles. The maximum atomic E-state index is 12.3. The van der Waals surface area contributed by atoms with Crippen LogP contribution in [0.4, 0.5) is 5.69 Å². The Morgan fingerprint density at radius 1 is 1.03 bits per heavy atom. The predicted octanol–water partition coefficient (Wildman–Crippen LogP) is 3.08. The number of rotatable bonds is 6. The molecule has 2 aliphatic rings. The fourth-order valence-corrected chi connectivity index (χ4v) is 3.81. The SMILES string of the molecule is O=C(C[C@@H]1Oc2ccccc2NC1=O)NCc1ccc(CN2CCCCC2)cc1. The Bertz CT molecular complexity index is 860. The molecule has 4 rings (SSSR count). The minimum atomic E-state index is -0.809. The summed E-state index contributed by atoms with van der Waals surface area (Å²) in [7, 11) is 0. The molecule has 2 aliphatic heterocycles. The molecule has 2 heterocycles. The van der Waals surface area contributed by atoms with Crippen molar-refractivity contribution in [1.82, 2.24) is 10.2 Å². The average Bonchev–Trinajstić information content (AvgIpc) is 2.74. The zero-order valence-electron chi connectivity index (χ0n) is 16.5. The zero-order valence-corrected chi connectivity index (χ0v) is 16.5. The van der Waals surface area contributed by atoms with Crippen LogP contribution in [-0.2, 0) is 22.7 Å². The fourth-order valence-electron chi connectivity index (χ4n) is 3.81. The molecule has 29 heavy (non-hydrogen) atoms. The van der Waals surface area contributed by atoms with Crippen molar-refractivity contribution in [2.45, 2.75) is 44.9 Å².